The lowest BCUT2D eigenvalue weighted by Gasteiger charge is -2.13. The van der Waals surface area contributed by atoms with E-state index in [-0.39, 0.29) is 11.7 Å². The molecule has 2 aromatic rings. The van der Waals surface area contributed by atoms with E-state index in [1.165, 1.54) is 16.7 Å². The first kappa shape index (κ1) is 15.2. The van der Waals surface area contributed by atoms with Crippen LogP contribution >= 0.6 is 39.9 Å². The molecule has 1 saturated heterocycles. The van der Waals surface area contributed by atoms with Crippen molar-refractivity contribution < 1.29 is 9.90 Å². The third kappa shape index (κ3) is 2.92. The quantitative estimate of drug-likeness (QED) is 0.619. The first-order valence-electron chi connectivity index (χ1n) is 6.23. The zero-order valence-corrected chi connectivity index (χ0v) is 14.3. The number of hydrogen-bond donors (Lipinski definition) is 1. The summed E-state index contributed by atoms with van der Waals surface area (Å²) in [5, 5.41) is 9.51. The fourth-order valence-corrected chi connectivity index (χ4v) is 3.64. The number of thioether (sulfide) groups is 1. The van der Waals surface area contributed by atoms with Crippen molar-refractivity contribution >= 4 is 61.9 Å². The number of anilines is 1. The molecule has 0 aliphatic carbocycles. The summed E-state index contributed by atoms with van der Waals surface area (Å²) in [7, 11) is 0. The molecule has 3 rings (SSSR count). The van der Waals surface area contributed by atoms with Crippen molar-refractivity contribution in [1.29, 1.82) is 0 Å². The molecule has 22 heavy (non-hydrogen) atoms. The molecule has 2 heterocycles. The monoisotopic (exact) mass is 392 g/mol. The molecule has 7 heteroatoms. The Hall–Kier alpha value is -1.70. The van der Waals surface area contributed by atoms with Gasteiger partial charge in [-0.3, -0.25) is 14.7 Å². The normalized spacial score (nSPS) is 16.6. The molecule has 1 aromatic heterocycles. The minimum atomic E-state index is -0.174. The van der Waals surface area contributed by atoms with Crippen LogP contribution in [0.15, 0.2) is 52.1 Å². The van der Waals surface area contributed by atoms with E-state index in [4.69, 9.17) is 12.2 Å². The fourth-order valence-electron chi connectivity index (χ4n) is 1.94. The summed E-state index contributed by atoms with van der Waals surface area (Å²) in [6, 6.07) is 8.59. The number of hydrogen-bond acceptors (Lipinski definition) is 5. The van der Waals surface area contributed by atoms with Crippen molar-refractivity contribution in [1.82, 2.24) is 4.98 Å². The highest BCUT2D eigenvalue weighted by Gasteiger charge is 2.33. The first-order chi connectivity index (χ1) is 10.6. The highest BCUT2D eigenvalue weighted by Crippen LogP contribution is 2.36. The number of thiocarbonyl (C=S) groups is 1. The summed E-state index contributed by atoms with van der Waals surface area (Å²) in [5.41, 5.74) is 1.46. The molecule has 110 valence electrons. The molecule has 0 atom stereocenters. The van der Waals surface area contributed by atoms with Crippen LogP contribution in [0.25, 0.3) is 6.08 Å². The lowest BCUT2D eigenvalue weighted by molar-refractivity contribution is -0.113. The zero-order valence-electron chi connectivity index (χ0n) is 11.1. The van der Waals surface area contributed by atoms with Gasteiger partial charge in [0.05, 0.1) is 21.3 Å². The van der Waals surface area contributed by atoms with Gasteiger partial charge < -0.3 is 5.11 Å². The van der Waals surface area contributed by atoms with E-state index in [1.807, 2.05) is 0 Å². The molecule has 0 bridgehead atoms. The fraction of sp³-hybridized carbons (Fsp3) is 0. The van der Waals surface area contributed by atoms with Gasteiger partial charge >= 0.3 is 0 Å². The molecular formula is C15H9BrN2O2S2. The van der Waals surface area contributed by atoms with Crippen LogP contribution in [-0.2, 0) is 4.79 Å². The Balaban J connectivity index is 1.93. The van der Waals surface area contributed by atoms with E-state index in [1.54, 1.807) is 48.8 Å². The van der Waals surface area contributed by atoms with Gasteiger partial charge in [-0.1, -0.05) is 30.0 Å². The van der Waals surface area contributed by atoms with Crippen molar-refractivity contribution in [3.05, 3.63) is 57.7 Å². The Labute approximate surface area is 145 Å². The van der Waals surface area contributed by atoms with Crippen LogP contribution in [0.2, 0.25) is 0 Å². The summed E-state index contributed by atoms with van der Waals surface area (Å²) in [5.74, 6) is -0.0211. The van der Waals surface area contributed by atoms with Gasteiger partial charge in [-0.05, 0) is 51.8 Å². The number of phenols is 1. The maximum Gasteiger partial charge on any atom is 0.270 e. The molecule has 0 unspecified atom stereocenters. The number of benzene rings is 1. The molecule has 1 aliphatic rings. The third-order valence-corrected chi connectivity index (χ3v) is 4.90. The van der Waals surface area contributed by atoms with Gasteiger partial charge in [-0.2, -0.15) is 0 Å². The topological polar surface area (TPSA) is 53.4 Å². The molecule has 0 spiro atoms. The second-order valence-electron chi connectivity index (χ2n) is 4.44. The molecule has 1 aromatic carbocycles. The number of phenolic OH excluding ortho intramolecular Hbond substituents is 1. The van der Waals surface area contributed by atoms with E-state index >= 15 is 0 Å². The molecule has 0 radical (unpaired) electrons. The minimum Gasteiger partial charge on any atom is -0.507 e. The average molecular weight is 393 g/mol. The summed E-state index contributed by atoms with van der Waals surface area (Å²) >= 11 is 9.79. The number of aromatic nitrogens is 1. The summed E-state index contributed by atoms with van der Waals surface area (Å²) in [6.07, 6.45) is 5.00. The lowest BCUT2D eigenvalue weighted by Crippen LogP contribution is -2.27. The molecule has 0 saturated carbocycles. The van der Waals surface area contributed by atoms with Gasteiger partial charge in [0.1, 0.15) is 5.75 Å². The van der Waals surface area contributed by atoms with E-state index in [0.29, 0.717) is 19.4 Å². The largest absolute Gasteiger partial charge is 0.507 e. The molecule has 1 N–H and O–H groups in total. The number of rotatable bonds is 2. The molecule has 1 aliphatic heterocycles. The second kappa shape index (κ2) is 6.20. The second-order valence-corrected chi connectivity index (χ2v) is 6.97. The Bertz CT molecular complexity index is 793. The van der Waals surface area contributed by atoms with Crippen LogP contribution in [0.5, 0.6) is 5.75 Å². The van der Waals surface area contributed by atoms with Crippen LogP contribution < -0.4 is 4.90 Å². The smallest absolute Gasteiger partial charge is 0.270 e. The molecule has 1 amide bonds. The van der Waals surface area contributed by atoms with E-state index in [9.17, 15) is 9.90 Å². The standard InChI is InChI=1S/C15H9BrN2O2S2/c16-11-6-9(3-4-12(11)19)7-13-14(20)18(15(21)22-13)10-2-1-5-17-8-10/h1-8,19H. The van der Waals surface area contributed by atoms with Gasteiger partial charge in [0.2, 0.25) is 0 Å². The number of aromatic hydroxyl groups is 1. The third-order valence-electron chi connectivity index (χ3n) is 2.97. The lowest BCUT2D eigenvalue weighted by atomic mass is 10.2. The highest BCUT2D eigenvalue weighted by atomic mass is 79.9. The molecule has 1 fully saturated rings. The Morgan fingerprint density at radius 1 is 1.36 bits per heavy atom. The minimum absolute atomic E-state index is 0.153. The van der Waals surface area contributed by atoms with Crippen molar-refractivity contribution in [3.8, 4) is 5.75 Å². The number of nitrogens with zero attached hydrogens (tertiary/aromatic N) is 2. The van der Waals surface area contributed by atoms with E-state index in [2.05, 4.69) is 20.9 Å². The van der Waals surface area contributed by atoms with Crippen molar-refractivity contribution in [2.24, 2.45) is 0 Å². The Kier molecular flexibility index (Phi) is 4.28. The SMILES string of the molecule is O=C1C(=Cc2ccc(O)c(Br)c2)SC(=S)N1c1cccnc1. The van der Waals surface area contributed by atoms with Crippen molar-refractivity contribution in [2.45, 2.75) is 0 Å². The van der Waals surface area contributed by atoms with Crippen LogP contribution in [-0.4, -0.2) is 20.3 Å². The van der Waals surface area contributed by atoms with Gasteiger partial charge in [0.15, 0.2) is 4.32 Å². The van der Waals surface area contributed by atoms with Crippen LogP contribution in [0.1, 0.15) is 5.56 Å². The zero-order chi connectivity index (χ0) is 15.7. The summed E-state index contributed by atoms with van der Waals surface area (Å²) < 4.78 is 1.05. The first-order valence-corrected chi connectivity index (χ1v) is 8.24. The van der Waals surface area contributed by atoms with Gasteiger partial charge in [-0.25, -0.2) is 0 Å². The maximum absolute atomic E-state index is 12.5. The number of carbonyl (C=O) groups is 1. The van der Waals surface area contributed by atoms with Gasteiger partial charge in [0.25, 0.3) is 5.91 Å². The van der Waals surface area contributed by atoms with Crippen LogP contribution in [0, 0.1) is 0 Å². The predicted octanol–water partition coefficient (Wildman–Crippen LogP) is 3.96. The van der Waals surface area contributed by atoms with Crippen LogP contribution in [0.4, 0.5) is 5.69 Å². The Morgan fingerprint density at radius 3 is 2.86 bits per heavy atom. The van der Waals surface area contributed by atoms with Gasteiger partial charge in [0, 0.05) is 6.20 Å². The van der Waals surface area contributed by atoms with Crippen LogP contribution in [0.3, 0.4) is 0 Å². The van der Waals surface area contributed by atoms with Crippen molar-refractivity contribution in [3.63, 3.8) is 0 Å². The number of amides is 1. The summed E-state index contributed by atoms with van der Waals surface area (Å²) in [4.78, 5) is 18.5. The van der Waals surface area contributed by atoms with Gasteiger partial charge in [-0.15, -0.1) is 0 Å². The summed E-state index contributed by atoms with van der Waals surface area (Å²) in [6.45, 7) is 0. The van der Waals surface area contributed by atoms with E-state index in [0.717, 1.165) is 5.56 Å². The predicted molar refractivity (Wildman–Crippen MR) is 95.7 cm³/mol. The number of pyridine rings is 1. The average Bonchev–Trinajstić information content (AvgIpc) is 2.78. The molecular weight excluding hydrogens is 384 g/mol. The maximum atomic E-state index is 12.5. The van der Waals surface area contributed by atoms with E-state index < -0.39 is 0 Å². The number of carbonyl (C=O) groups excluding carboxylic acids is 1. The highest BCUT2D eigenvalue weighted by molar-refractivity contribution is 9.10. The Morgan fingerprint density at radius 2 is 2.18 bits per heavy atom. The molecule has 4 nitrogen and oxygen atoms in total. The van der Waals surface area contributed by atoms with Crippen molar-refractivity contribution in [2.75, 3.05) is 4.90 Å². The number of halogens is 1.